The quantitative estimate of drug-likeness (QED) is 0.238. The van der Waals surface area contributed by atoms with E-state index in [1.807, 2.05) is 12.1 Å². The Bertz CT molecular complexity index is 1430. The van der Waals surface area contributed by atoms with E-state index < -0.39 is 47.5 Å². The lowest BCUT2D eigenvalue weighted by atomic mass is 9.79. The van der Waals surface area contributed by atoms with Crippen LogP contribution in [0, 0.1) is 16.6 Å². The van der Waals surface area contributed by atoms with E-state index in [0.717, 1.165) is 24.2 Å². The zero-order valence-electron chi connectivity index (χ0n) is 22.5. The summed E-state index contributed by atoms with van der Waals surface area (Å²) < 4.78 is 19.1. The molecule has 2 aromatic rings. The monoisotopic (exact) mass is 565 g/mol. The van der Waals surface area contributed by atoms with Gasteiger partial charge in [-0.1, -0.05) is 26.0 Å². The number of hydrogen-bond acceptors (Lipinski definition) is 7. The molecule has 1 aromatic carbocycles. The standard InChI is InChI=1S/C27H32FN9O4/c1-26(2)8-9-41-19-14(4-3-5-15(19)26)22(39)33-18-12-37-25(30)34-17(20-27(37,21(18)38)36-24(29)35-20)11-32-23(40)16-7-6-13(28)10-31-16/h3-7,10,17-18,20-21,38H,8-9,11-12H2,1-2H3,(H2,30,34)(H,32,40)(H,33,39)(H3,29,35,36)/t17-,18?,20-,21+,27?/m0/s1. The molecule has 5 atom stereocenters. The summed E-state index contributed by atoms with van der Waals surface area (Å²) in [6.45, 7) is 4.81. The van der Waals surface area contributed by atoms with Crippen LogP contribution in [0.3, 0.4) is 0 Å². The predicted molar refractivity (Wildman–Crippen MR) is 145 cm³/mol. The molecule has 0 bridgehead atoms. The number of aliphatic hydroxyl groups excluding tert-OH is 1. The molecule has 216 valence electrons. The third-order valence-corrected chi connectivity index (χ3v) is 8.47. The molecule has 1 aromatic heterocycles. The van der Waals surface area contributed by atoms with Crippen LogP contribution in [0.1, 0.15) is 46.7 Å². The van der Waals surface area contributed by atoms with Crippen LogP contribution in [-0.2, 0) is 5.41 Å². The second-order valence-electron chi connectivity index (χ2n) is 11.4. The molecule has 3 fully saturated rings. The van der Waals surface area contributed by atoms with E-state index in [4.69, 9.17) is 15.6 Å². The van der Waals surface area contributed by atoms with Crippen LogP contribution < -0.4 is 31.3 Å². The fraction of sp³-hybridized carbons (Fsp3) is 0.444. The molecule has 41 heavy (non-hydrogen) atoms. The first-order valence-electron chi connectivity index (χ1n) is 13.4. The van der Waals surface area contributed by atoms with Gasteiger partial charge in [-0.05, 0) is 30.0 Å². The van der Waals surface area contributed by atoms with Crippen LogP contribution in [0.25, 0.3) is 0 Å². The Balaban J connectivity index is 1.22. The fourth-order valence-electron chi connectivity index (χ4n) is 6.30. The summed E-state index contributed by atoms with van der Waals surface area (Å²) in [5, 5.41) is 43.3. The second-order valence-corrected chi connectivity index (χ2v) is 11.4. The van der Waals surface area contributed by atoms with Crippen molar-refractivity contribution in [2.75, 3.05) is 19.7 Å². The van der Waals surface area contributed by atoms with E-state index in [-0.39, 0.29) is 36.1 Å². The zero-order valence-corrected chi connectivity index (χ0v) is 22.5. The highest BCUT2D eigenvalue weighted by Crippen LogP contribution is 2.41. The molecular weight excluding hydrogens is 533 g/mol. The molecule has 0 saturated carbocycles. The van der Waals surface area contributed by atoms with Gasteiger partial charge in [0.25, 0.3) is 11.8 Å². The summed E-state index contributed by atoms with van der Waals surface area (Å²) in [6, 6.07) is 5.77. The number of para-hydroxylation sites is 1. The largest absolute Gasteiger partial charge is 0.492 e. The molecule has 8 N–H and O–H groups in total. The third kappa shape index (κ3) is 4.29. The number of pyridine rings is 1. The smallest absolute Gasteiger partial charge is 0.269 e. The molecule has 1 spiro atoms. The maximum absolute atomic E-state index is 13.5. The molecular formula is C27H32FN9O4. The van der Waals surface area contributed by atoms with E-state index in [9.17, 15) is 19.1 Å². The first-order chi connectivity index (χ1) is 19.5. The van der Waals surface area contributed by atoms with Gasteiger partial charge in [0.1, 0.15) is 23.4 Å². The van der Waals surface area contributed by atoms with E-state index in [1.54, 1.807) is 11.0 Å². The van der Waals surface area contributed by atoms with Gasteiger partial charge in [-0.2, -0.15) is 0 Å². The number of guanidine groups is 2. The number of nitrogens with one attached hydrogen (secondary N) is 7. The average molecular weight is 566 g/mol. The van der Waals surface area contributed by atoms with Gasteiger partial charge in [0.15, 0.2) is 17.6 Å². The molecule has 3 saturated heterocycles. The number of carbonyl (C=O) groups excluding carboxylic acids is 2. The number of aromatic nitrogens is 1. The minimum atomic E-state index is -1.34. The highest BCUT2D eigenvalue weighted by molar-refractivity contribution is 5.98. The highest BCUT2D eigenvalue weighted by Gasteiger charge is 2.66. The van der Waals surface area contributed by atoms with Gasteiger partial charge in [-0.25, -0.2) is 9.37 Å². The molecule has 0 aliphatic carbocycles. The van der Waals surface area contributed by atoms with Crippen molar-refractivity contribution in [3.8, 4) is 5.75 Å². The Kier molecular flexibility index (Phi) is 6.25. The average Bonchev–Trinajstić information content (AvgIpc) is 3.43. The van der Waals surface area contributed by atoms with Gasteiger partial charge in [0.05, 0.1) is 36.5 Å². The van der Waals surface area contributed by atoms with Crippen molar-refractivity contribution in [2.45, 2.75) is 55.6 Å². The maximum atomic E-state index is 13.5. The normalized spacial score (nSPS) is 29.1. The van der Waals surface area contributed by atoms with Crippen molar-refractivity contribution in [3.63, 3.8) is 0 Å². The van der Waals surface area contributed by atoms with Crippen LogP contribution in [0.4, 0.5) is 4.39 Å². The van der Waals surface area contributed by atoms with Crippen LogP contribution in [0.5, 0.6) is 5.75 Å². The van der Waals surface area contributed by atoms with Crippen molar-refractivity contribution in [3.05, 3.63) is 59.2 Å². The Morgan fingerprint density at radius 3 is 2.78 bits per heavy atom. The number of rotatable bonds is 5. The van der Waals surface area contributed by atoms with Gasteiger partial charge in [0.2, 0.25) is 0 Å². The molecule has 14 heteroatoms. The van der Waals surface area contributed by atoms with Gasteiger partial charge in [0, 0.05) is 18.7 Å². The molecule has 0 radical (unpaired) electrons. The SMILES string of the molecule is CC1(C)CCOc2c(C(=O)NC3CN4C(=N)N[C@@H](CNC(=O)c5ccc(F)cn5)[C@@H]5NC(=N)NC54[C@@H]3O)cccc21. The zero-order chi connectivity index (χ0) is 29.1. The van der Waals surface area contributed by atoms with Gasteiger partial charge >= 0.3 is 0 Å². The lowest BCUT2D eigenvalue weighted by molar-refractivity contribution is 0.00611. The molecule has 4 aliphatic rings. The molecule has 2 amide bonds. The summed E-state index contributed by atoms with van der Waals surface area (Å²) in [5.74, 6) is -1.08. The van der Waals surface area contributed by atoms with E-state index in [0.29, 0.717) is 17.9 Å². The molecule has 13 nitrogen and oxygen atoms in total. The lowest BCUT2D eigenvalue weighted by Crippen LogP contribution is -2.78. The predicted octanol–water partition coefficient (Wildman–Crippen LogP) is -0.415. The van der Waals surface area contributed by atoms with Crippen molar-refractivity contribution in [1.82, 2.24) is 36.5 Å². The van der Waals surface area contributed by atoms with Gasteiger partial charge in [-0.15, -0.1) is 0 Å². The lowest BCUT2D eigenvalue weighted by Gasteiger charge is -2.49. The number of aliphatic hydroxyl groups is 1. The highest BCUT2D eigenvalue weighted by atomic mass is 19.1. The third-order valence-electron chi connectivity index (χ3n) is 8.47. The second kappa shape index (κ2) is 9.58. The number of fused-ring (bicyclic) bond motifs is 1. The summed E-state index contributed by atoms with van der Waals surface area (Å²) in [5.41, 5.74) is -0.148. The minimum Gasteiger partial charge on any atom is -0.492 e. The molecule has 4 aliphatic heterocycles. The van der Waals surface area contributed by atoms with Crippen LogP contribution in [0.2, 0.25) is 0 Å². The van der Waals surface area contributed by atoms with Crippen LogP contribution in [-0.4, -0.2) is 88.3 Å². The number of hydrogen-bond donors (Lipinski definition) is 8. The Labute approximate surface area is 235 Å². The Morgan fingerprint density at radius 2 is 2.02 bits per heavy atom. The topological polar surface area (TPSA) is 188 Å². The van der Waals surface area contributed by atoms with Crippen LogP contribution >= 0.6 is 0 Å². The van der Waals surface area contributed by atoms with Gasteiger partial charge < -0.3 is 41.3 Å². The van der Waals surface area contributed by atoms with Crippen molar-refractivity contribution in [1.29, 1.82) is 10.8 Å². The van der Waals surface area contributed by atoms with Crippen molar-refractivity contribution in [2.24, 2.45) is 0 Å². The summed E-state index contributed by atoms with van der Waals surface area (Å²) in [6.07, 6.45) is 0.539. The number of ether oxygens (including phenoxy) is 1. The van der Waals surface area contributed by atoms with E-state index in [2.05, 4.69) is 45.4 Å². The minimum absolute atomic E-state index is 0.00943. The Morgan fingerprint density at radius 1 is 1.22 bits per heavy atom. The molecule has 2 unspecified atom stereocenters. The first kappa shape index (κ1) is 26.7. The van der Waals surface area contributed by atoms with E-state index in [1.165, 1.54) is 6.07 Å². The van der Waals surface area contributed by atoms with Gasteiger partial charge in [-0.3, -0.25) is 20.4 Å². The first-order valence-corrected chi connectivity index (χ1v) is 13.4. The summed E-state index contributed by atoms with van der Waals surface area (Å²) in [7, 11) is 0. The number of halogens is 1. The van der Waals surface area contributed by atoms with Crippen molar-refractivity contribution >= 4 is 23.7 Å². The fourth-order valence-corrected chi connectivity index (χ4v) is 6.30. The maximum Gasteiger partial charge on any atom is 0.269 e. The number of carbonyl (C=O) groups is 2. The molecule has 5 heterocycles. The number of nitrogens with zero attached hydrogens (tertiary/aromatic N) is 2. The van der Waals surface area contributed by atoms with Crippen LogP contribution in [0.15, 0.2) is 36.5 Å². The summed E-state index contributed by atoms with van der Waals surface area (Å²) in [4.78, 5) is 31.5. The number of amides is 2. The summed E-state index contributed by atoms with van der Waals surface area (Å²) >= 11 is 0. The van der Waals surface area contributed by atoms with Crippen molar-refractivity contribution < 1.29 is 23.8 Å². The Hall–Kier alpha value is -4.46. The van der Waals surface area contributed by atoms with E-state index >= 15 is 0 Å². The molecule has 6 rings (SSSR count). The number of benzene rings is 1.